The van der Waals surface area contributed by atoms with E-state index in [4.69, 9.17) is 0 Å². The van der Waals surface area contributed by atoms with Crippen molar-refractivity contribution in [1.29, 1.82) is 0 Å². The standard InChI is InChI=1S/C19H15BrN2OS/c20-16-10-13-6-4-5-12(13)9-14(16)11-17-18(23)22-19(24-17)21-15-7-2-1-3-8-15/h1-3,7-11H,4-6H2,(H,21,22,23)/b17-11-. The fraction of sp³-hybridized carbons (Fsp3) is 0.158. The van der Waals surface area contributed by atoms with E-state index in [1.807, 2.05) is 36.4 Å². The molecule has 0 atom stereocenters. The number of nitrogens with zero attached hydrogens (tertiary/aromatic N) is 1. The Morgan fingerprint density at radius 1 is 1.12 bits per heavy atom. The molecule has 0 unspecified atom stereocenters. The summed E-state index contributed by atoms with van der Waals surface area (Å²) in [6, 6.07) is 14.0. The summed E-state index contributed by atoms with van der Waals surface area (Å²) in [5.74, 6) is -0.0953. The first-order valence-electron chi connectivity index (χ1n) is 7.85. The average molecular weight is 399 g/mol. The Labute approximate surface area is 153 Å². The van der Waals surface area contributed by atoms with Gasteiger partial charge in [-0.05, 0) is 72.0 Å². The predicted octanol–water partition coefficient (Wildman–Crippen LogP) is 4.83. The molecule has 3 nitrogen and oxygen atoms in total. The van der Waals surface area contributed by atoms with Gasteiger partial charge in [0.15, 0.2) is 5.17 Å². The minimum Gasteiger partial charge on any atom is -0.300 e. The van der Waals surface area contributed by atoms with E-state index in [9.17, 15) is 4.79 Å². The number of thioether (sulfide) groups is 1. The third kappa shape index (κ3) is 3.19. The second-order valence-electron chi connectivity index (χ2n) is 5.81. The SMILES string of the molecule is O=C1NC(=Nc2ccccc2)S/C1=C\c1cc2c(cc1Br)CCC2. The molecule has 2 aromatic rings. The molecule has 24 heavy (non-hydrogen) atoms. The first kappa shape index (κ1) is 15.7. The van der Waals surface area contributed by atoms with Gasteiger partial charge in [-0.15, -0.1) is 0 Å². The van der Waals surface area contributed by atoms with Gasteiger partial charge in [0.1, 0.15) is 0 Å². The quantitative estimate of drug-likeness (QED) is 0.735. The van der Waals surface area contributed by atoms with E-state index in [1.165, 1.54) is 29.3 Å². The van der Waals surface area contributed by atoms with Crippen molar-refractivity contribution in [2.24, 2.45) is 4.99 Å². The smallest absolute Gasteiger partial charge is 0.264 e. The fourth-order valence-electron chi connectivity index (χ4n) is 2.97. The molecule has 5 heteroatoms. The van der Waals surface area contributed by atoms with E-state index >= 15 is 0 Å². The Balaban J connectivity index is 1.62. The van der Waals surface area contributed by atoms with Gasteiger partial charge in [-0.3, -0.25) is 4.79 Å². The fourth-order valence-corrected chi connectivity index (χ4v) is 4.30. The van der Waals surface area contributed by atoms with E-state index in [0.717, 1.165) is 28.6 Å². The number of rotatable bonds is 2. The third-order valence-electron chi connectivity index (χ3n) is 4.14. The summed E-state index contributed by atoms with van der Waals surface area (Å²) in [5.41, 5.74) is 4.69. The summed E-state index contributed by atoms with van der Waals surface area (Å²) in [6.45, 7) is 0. The van der Waals surface area contributed by atoms with Crippen LogP contribution in [0.1, 0.15) is 23.1 Å². The van der Waals surface area contributed by atoms with Gasteiger partial charge in [0.25, 0.3) is 5.91 Å². The Hall–Kier alpha value is -1.85. The van der Waals surface area contributed by atoms with Gasteiger partial charge in [0, 0.05) is 4.47 Å². The predicted molar refractivity (Wildman–Crippen MR) is 103 cm³/mol. The van der Waals surface area contributed by atoms with Crippen LogP contribution in [0.3, 0.4) is 0 Å². The highest BCUT2D eigenvalue weighted by molar-refractivity contribution is 9.10. The van der Waals surface area contributed by atoms with Crippen molar-refractivity contribution in [2.45, 2.75) is 19.3 Å². The maximum absolute atomic E-state index is 12.2. The maximum Gasteiger partial charge on any atom is 0.264 e. The van der Waals surface area contributed by atoms with Crippen molar-refractivity contribution in [3.05, 3.63) is 68.5 Å². The third-order valence-corrected chi connectivity index (χ3v) is 5.73. The van der Waals surface area contributed by atoms with Crippen LogP contribution in [0.4, 0.5) is 5.69 Å². The number of carbonyl (C=O) groups excluding carboxylic acids is 1. The van der Waals surface area contributed by atoms with Crippen LogP contribution < -0.4 is 5.32 Å². The molecule has 4 rings (SSSR count). The molecule has 1 saturated heterocycles. The molecule has 2 aromatic carbocycles. The van der Waals surface area contributed by atoms with Crippen LogP contribution in [0.2, 0.25) is 0 Å². The topological polar surface area (TPSA) is 41.5 Å². The van der Waals surface area contributed by atoms with Crippen molar-refractivity contribution in [1.82, 2.24) is 5.32 Å². The molecule has 0 spiro atoms. The molecule has 0 aromatic heterocycles. The second kappa shape index (κ2) is 6.57. The Kier molecular flexibility index (Phi) is 4.29. The molecular formula is C19H15BrN2OS. The lowest BCUT2D eigenvalue weighted by Gasteiger charge is -2.05. The van der Waals surface area contributed by atoms with Gasteiger partial charge in [-0.2, -0.15) is 0 Å². The molecule has 1 fully saturated rings. The van der Waals surface area contributed by atoms with Gasteiger partial charge in [-0.25, -0.2) is 4.99 Å². The van der Waals surface area contributed by atoms with Crippen LogP contribution in [0.25, 0.3) is 6.08 Å². The number of aliphatic imine (C=N–C) groups is 1. The first-order valence-corrected chi connectivity index (χ1v) is 9.46. The van der Waals surface area contributed by atoms with Crippen molar-refractivity contribution >= 4 is 50.5 Å². The van der Waals surface area contributed by atoms with Gasteiger partial charge in [0.2, 0.25) is 0 Å². The number of amides is 1. The molecule has 1 N–H and O–H groups in total. The first-order chi connectivity index (χ1) is 11.7. The zero-order valence-electron chi connectivity index (χ0n) is 12.9. The number of fused-ring (bicyclic) bond motifs is 1. The molecule has 1 aliphatic carbocycles. The summed E-state index contributed by atoms with van der Waals surface area (Å²) < 4.78 is 1.04. The Morgan fingerprint density at radius 3 is 2.67 bits per heavy atom. The summed E-state index contributed by atoms with van der Waals surface area (Å²) in [4.78, 5) is 17.4. The number of aryl methyl sites for hydroxylation is 2. The largest absolute Gasteiger partial charge is 0.300 e. The van der Waals surface area contributed by atoms with Crippen molar-refractivity contribution in [3.8, 4) is 0 Å². The maximum atomic E-state index is 12.2. The van der Waals surface area contributed by atoms with Crippen molar-refractivity contribution in [3.63, 3.8) is 0 Å². The minimum absolute atomic E-state index is 0.0953. The van der Waals surface area contributed by atoms with Crippen LogP contribution in [-0.2, 0) is 17.6 Å². The number of carbonyl (C=O) groups is 1. The van der Waals surface area contributed by atoms with Gasteiger partial charge < -0.3 is 5.32 Å². The Morgan fingerprint density at radius 2 is 1.88 bits per heavy atom. The minimum atomic E-state index is -0.0953. The van der Waals surface area contributed by atoms with Crippen LogP contribution in [-0.4, -0.2) is 11.1 Å². The van der Waals surface area contributed by atoms with E-state index in [1.54, 1.807) is 0 Å². The van der Waals surface area contributed by atoms with Gasteiger partial charge >= 0.3 is 0 Å². The van der Waals surface area contributed by atoms with Gasteiger partial charge in [0.05, 0.1) is 10.6 Å². The monoisotopic (exact) mass is 398 g/mol. The zero-order valence-corrected chi connectivity index (χ0v) is 15.3. The number of para-hydroxylation sites is 1. The molecule has 1 aliphatic heterocycles. The van der Waals surface area contributed by atoms with Crippen LogP contribution in [0.15, 0.2) is 56.8 Å². The number of hydrogen-bond donors (Lipinski definition) is 1. The van der Waals surface area contributed by atoms with Crippen molar-refractivity contribution < 1.29 is 4.79 Å². The lowest BCUT2D eigenvalue weighted by molar-refractivity contribution is -0.115. The lowest BCUT2D eigenvalue weighted by atomic mass is 10.1. The highest BCUT2D eigenvalue weighted by Gasteiger charge is 2.24. The highest BCUT2D eigenvalue weighted by Crippen LogP contribution is 2.33. The molecule has 0 bridgehead atoms. The number of nitrogens with one attached hydrogen (secondary N) is 1. The molecule has 0 saturated carbocycles. The number of benzene rings is 2. The van der Waals surface area contributed by atoms with E-state index < -0.39 is 0 Å². The van der Waals surface area contributed by atoms with E-state index in [2.05, 4.69) is 38.4 Å². The normalized spacial score (nSPS) is 19.8. The van der Waals surface area contributed by atoms with Crippen LogP contribution in [0.5, 0.6) is 0 Å². The molecule has 2 aliphatic rings. The number of amidine groups is 1. The van der Waals surface area contributed by atoms with Crippen LogP contribution >= 0.6 is 27.7 Å². The van der Waals surface area contributed by atoms with E-state index in [0.29, 0.717) is 10.1 Å². The van der Waals surface area contributed by atoms with Crippen LogP contribution in [0, 0.1) is 0 Å². The second-order valence-corrected chi connectivity index (χ2v) is 7.70. The summed E-state index contributed by atoms with van der Waals surface area (Å²) in [5, 5.41) is 3.46. The highest BCUT2D eigenvalue weighted by atomic mass is 79.9. The summed E-state index contributed by atoms with van der Waals surface area (Å²) in [7, 11) is 0. The van der Waals surface area contributed by atoms with Crippen molar-refractivity contribution in [2.75, 3.05) is 0 Å². The molecule has 1 heterocycles. The number of hydrogen-bond acceptors (Lipinski definition) is 3. The molecule has 0 radical (unpaired) electrons. The summed E-state index contributed by atoms with van der Waals surface area (Å²) in [6.07, 6.45) is 5.42. The average Bonchev–Trinajstić information content (AvgIpc) is 3.15. The van der Waals surface area contributed by atoms with Gasteiger partial charge in [-0.1, -0.05) is 40.2 Å². The lowest BCUT2D eigenvalue weighted by Crippen LogP contribution is -2.19. The number of halogens is 1. The Bertz CT molecular complexity index is 874. The molecule has 120 valence electrons. The summed E-state index contributed by atoms with van der Waals surface area (Å²) >= 11 is 5.01. The molecule has 1 amide bonds. The van der Waals surface area contributed by atoms with E-state index in [-0.39, 0.29) is 5.91 Å². The molecular weight excluding hydrogens is 384 g/mol. The zero-order chi connectivity index (χ0) is 16.5.